The fourth-order valence-electron chi connectivity index (χ4n) is 6.43. The number of urea groups is 1. The van der Waals surface area contributed by atoms with E-state index >= 15 is 0 Å². The zero-order valence-electron chi connectivity index (χ0n) is 18.7. The van der Waals surface area contributed by atoms with Crippen LogP contribution in [0.5, 0.6) is 0 Å². The second kappa shape index (κ2) is 8.18. The van der Waals surface area contributed by atoms with Gasteiger partial charge < -0.3 is 16.0 Å². The molecule has 9 nitrogen and oxygen atoms in total. The van der Waals surface area contributed by atoms with Crippen LogP contribution in [0, 0.1) is 31.6 Å². The summed E-state index contributed by atoms with van der Waals surface area (Å²) in [5, 5.41) is 20.7. The van der Waals surface area contributed by atoms with Crippen molar-refractivity contribution in [3.8, 4) is 5.69 Å². The molecule has 170 valence electrons. The number of nitrogens with zero attached hydrogens (tertiary/aromatic N) is 4. The Labute approximate surface area is 187 Å². The van der Waals surface area contributed by atoms with Gasteiger partial charge in [0.15, 0.2) is 5.82 Å². The summed E-state index contributed by atoms with van der Waals surface area (Å²) in [6.07, 6.45) is 7.58. The lowest BCUT2D eigenvalue weighted by Crippen LogP contribution is -2.61. The molecule has 0 unspecified atom stereocenters. The number of carbonyl (C=O) groups is 2. The topological polar surface area (TPSA) is 114 Å². The van der Waals surface area contributed by atoms with Gasteiger partial charge in [-0.2, -0.15) is 4.68 Å². The van der Waals surface area contributed by atoms with Crippen LogP contribution >= 0.6 is 0 Å². The molecule has 2 aromatic rings. The summed E-state index contributed by atoms with van der Waals surface area (Å²) in [6, 6.07) is 5.47. The molecular formula is C23H31N7O2. The van der Waals surface area contributed by atoms with Gasteiger partial charge in [0.05, 0.1) is 5.69 Å². The van der Waals surface area contributed by atoms with Crippen LogP contribution in [0.3, 0.4) is 0 Å². The van der Waals surface area contributed by atoms with Gasteiger partial charge in [-0.05, 0) is 98.2 Å². The molecule has 3 amide bonds. The fourth-order valence-corrected chi connectivity index (χ4v) is 6.43. The standard InChI is InChI=1S/C23H31N7O2/c1-14-3-4-19(10-20(14)30-15(2)27-28-29-30)25-21(31)5-6-24-22(32)26-23-11-16-7-17(12-23)9-18(8-16)13-23/h3-4,10,16-18H,5-9,11-13H2,1-2H3,(H,25,31)(H2,24,26,32). The van der Waals surface area contributed by atoms with E-state index in [0.29, 0.717) is 18.1 Å². The molecule has 4 bridgehead atoms. The Hall–Kier alpha value is -2.97. The highest BCUT2D eigenvalue weighted by Crippen LogP contribution is 2.55. The van der Waals surface area contributed by atoms with E-state index in [4.69, 9.17) is 0 Å². The van der Waals surface area contributed by atoms with Gasteiger partial charge in [0.2, 0.25) is 5.91 Å². The number of tetrazole rings is 1. The number of nitrogens with one attached hydrogen (secondary N) is 3. The second-order valence-electron chi connectivity index (χ2n) is 10.0. The Kier molecular flexibility index (Phi) is 5.35. The van der Waals surface area contributed by atoms with Crippen molar-refractivity contribution in [3.05, 3.63) is 29.6 Å². The zero-order valence-corrected chi connectivity index (χ0v) is 18.7. The SMILES string of the molecule is Cc1ccc(NC(=O)CCNC(=O)NC23CC4CC(CC(C4)C2)C3)cc1-n1nnnc1C. The van der Waals surface area contributed by atoms with Crippen molar-refractivity contribution in [2.45, 2.75) is 64.3 Å². The molecule has 4 aliphatic carbocycles. The predicted molar refractivity (Wildman–Crippen MR) is 119 cm³/mol. The molecule has 0 spiro atoms. The molecule has 1 aromatic carbocycles. The van der Waals surface area contributed by atoms with Crippen LogP contribution in [-0.2, 0) is 4.79 Å². The summed E-state index contributed by atoms with van der Waals surface area (Å²) in [6.45, 7) is 4.09. The van der Waals surface area contributed by atoms with Crippen LogP contribution < -0.4 is 16.0 Å². The highest BCUT2D eigenvalue weighted by molar-refractivity contribution is 5.91. The monoisotopic (exact) mass is 437 g/mol. The van der Waals surface area contributed by atoms with E-state index in [1.54, 1.807) is 4.68 Å². The number of aromatic nitrogens is 4. The van der Waals surface area contributed by atoms with Crippen molar-refractivity contribution in [3.63, 3.8) is 0 Å². The first-order valence-electron chi connectivity index (χ1n) is 11.6. The van der Waals surface area contributed by atoms with Crippen molar-refractivity contribution >= 4 is 17.6 Å². The quantitative estimate of drug-likeness (QED) is 0.643. The van der Waals surface area contributed by atoms with Gasteiger partial charge in [-0.25, -0.2) is 4.79 Å². The van der Waals surface area contributed by atoms with E-state index in [9.17, 15) is 9.59 Å². The summed E-state index contributed by atoms with van der Waals surface area (Å²) in [5.41, 5.74) is 2.47. The van der Waals surface area contributed by atoms with E-state index in [0.717, 1.165) is 48.3 Å². The van der Waals surface area contributed by atoms with Crippen molar-refractivity contribution in [2.75, 3.05) is 11.9 Å². The molecule has 4 saturated carbocycles. The number of hydrogen-bond donors (Lipinski definition) is 3. The average Bonchev–Trinajstić information content (AvgIpc) is 3.13. The van der Waals surface area contributed by atoms with Gasteiger partial charge >= 0.3 is 6.03 Å². The molecule has 9 heteroatoms. The van der Waals surface area contributed by atoms with Crippen LogP contribution in [0.1, 0.15) is 56.3 Å². The minimum Gasteiger partial charge on any atom is -0.338 e. The summed E-state index contributed by atoms with van der Waals surface area (Å²) in [4.78, 5) is 25.0. The molecule has 0 saturated heterocycles. The molecule has 4 fully saturated rings. The molecule has 0 radical (unpaired) electrons. The fraction of sp³-hybridized carbons (Fsp3) is 0.609. The van der Waals surface area contributed by atoms with Gasteiger partial charge in [0.25, 0.3) is 0 Å². The third-order valence-electron chi connectivity index (χ3n) is 7.40. The Bertz CT molecular complexity index is 996. The van der Waals surface area contributed by atoms with Crippen LogP contribution in [0.4, 0.5) is 10.5 Å². The number of benzene rings is 1. The van der Waals surface area contributed by atoms with Gasteiger partial charge in [-0.1, -0.05) is 6.07 Å². The molecule has 0 atom stereocenters. The van der Waals surface area contributed by atoms with Gasteiger partial charge in [-0.15, -0.1) is 5.10 Å². The van der Waals surface area contributed by atoms with E-state index < -0.39 is 0 Å². The lowest BCUT2D eigenvalue weighted by molar-refractivity contribution is -0.116. The van der Waals surface area contributed by atoms with E-state index in [1.807, 2.05) is 32.0 Å². The second-order valence-corrected chi connectivity index (χ2v) is 10.0. The molecular weight excluding hydrogens is 406 g/mol. The number of anilines is 1. The Morgan fingerprint density at radius 2 is 1.78 bits per heavy atom. The van der Waals surface area contributed by atoms with Gasteiger partial charge in [0, 0.05) is 24.2 Å². The maximum atomic E-state index is 12.5. The average molecular weight is 438 g/mol. The maximum Gasteiger partial charge on any atom is 0.315 e. The highest BCUT2D eigenvalue weighted by Gasteiger charge is 2.51. The molecule has 1 heterocycles. The number of rotatable bonds is 6. The third kappa shape index (κ3) is 4.20. The summed E-state index contributed by atoms with van der Waals surface area (Å²) < 4.78 is 1.64. The zero-order chi connectivity index (χ0) is 22.3. The molecule has 3 N–H and O–H groups in total. The minimum atomic E-state index is -0.150. The largest absolute Gasteiger partial charge is 0.338 e. The maximum absolute atomic E-state index is 12.5. The summed E-state index contributed by atoms with van der Waals surface area (Å²) >= 11 is 0. The third-order valence-corrected chi connectivity index (χ3v) is 7.40. The number of aryl methyl sites for hydroxylation is 2. The predicted octanol–water partition coefficient (Wildman–Crippen LogP) is 2.88. The van der Waals surface area contributed by atoms with Crippen molar-refractivity contribution in [1.29, 1.82) is 0 Å². The van der Waals surface area contributed by atoms with Crippen LogP contribution in [-0.4, -0.2) is 44.2 Å². The van der Waals surface area contributed by atoms with Crippen molar-refractivity contribution in [2.24, 2.45) is 17.8 Å². The normalized spacial score (nSPS) is 27.9. The molecule has 4 aliphatic rings. The summed E-state index contributed by atoms with van der Waals surface area (Å²) in [7, 11) is 0. The van der Waals surface area contributed by atoms with E-state index in [-0.39, 0.29) is 23.9 Å². The summed E-state index contributed by atoms with van der Waals surface area (Å²) in [5.74, 6) is 2.87. The van der Waals surface area contributed by atoms with Gasteiger partial charge in [0.1, 0.15) is 0 Å². The number of hydrogen-bond acceptors (Lipinski definition) is 5. The molecule has 6 rings (SSSR count). The number of carbonyl (C=O) groups excluding carboxylic acids is 2. The van der Waals surface area contributed by atoms with Crippen molar-refractivity contribution < 1.29 is 9.59 Å². The van der Waals surface area contributed by atoms with E-state index in [2.05, 4.69) is 31.5 Å². The van der Waals surface area contributed by atoms with E-state index in [1.165, 1.54) is 19.3 Å². The molecule has 1 aromatic heterocycles. The first-order valence-corrected chi connectivity index (χ1v) is 11.6. The molecule has 32 heavy (non-hydrogen) atoms. The van der Waals surface area contributed by atoms with Crippen LogP contribution in [0.2, 0.25) is 0 Å². The first-order chi connectivity index (χ1) is 15.4. The minimum absolute atomic E-state index is 0.0201. The lowest BCUT2D eigenvalue weighted by Gasteiger charge is -2.56. The van der Waals surface area contributed by atoms with Crippen LogP contribution in [0.15, 0.2) is 18.2 Å². The Balaban J connectivity index is 1.11. The highest BCUT2D eigenvalue weighted by atomic mass is 16.2. The Morgan fingerprint density at radius 1 is 1.09 bits per heavy atom. The molecule has 0 aliphatic heterocycles. The van der Waals surface area contributed by atoms with Gasteiger partial charge in [-0.3, -0.25) is 4.79 Å². The lowest BCUT2D eigenvalue weighted by atomic mass is 9.53. The first kappa shape index (κ1) is 20.9. The van der Waals surface area contributed by atoms with Crippen LogP contribution in [0.25, 0.3) is 5.69 Å². The smallest absolute Gasteiger partial charge is 0.315 e. The number of amides is 3. The van der Waals surface area contributed by atoms with Crippen molar-refractivity contribution in [1.82, 2.24) is 30.8 Å². The Morgan fingerprint density at radius 3 is 2.41 bits per heavy atom.